The van der Waals surface area contributed by atoms with Crippen molar-refractivity contribution < 1.29 is 8.83 Å². The van der Waals surface area contributed by atoms with Crippen molar-refractivity contribution in [2.45, 2.75) is 12.8 Å². The Hall–Kier alpha value is -5.32. The van der Waals surface area contributed by atoms with Gasteiger partial charge < -0.3 is 13.7 Å². The standard InChI is InChI=1S/C40H25NO2S/c1-2-10-26(11-3-1)41(28-14-16-30-29-12-6-7-13-34(29)43-37(30)23-28)27-15-18-35-33(22-27)39-36(42-35)19-17-31-32-20-24-8-4-5-9-25(24)21-38(32)44-40(31)39/h1-6,8-12,14-23H,7,13H2. The van der Waals surface area contributed by atoms with E-state index in [1.807, 2.05) is 11.3 Å². The predicted octanol–water partition coefficient (Wildman–Crippen LogP) is 12.3. The van der Waals surface area contributed by atoms with Gasteiger partial charge in [-0.2, -0.15) is 0 Å². The summed E-state index contributed by atoms with van der Waals surface area (Å²) in [5.41, 5.74) is 7.18. The third-order valence-corrected chi connectivity index (χ3v) is 10.3. The molecule has 1 aliphatic carbocycles. The van der Waals surface area contributed by atoms with E-state index in [-0.39, 0.29) is 0 Å². The second kappa shape index (κ2) is 9.09. The first kappa shape index (κ1) is 24.2. The smallest absolute Gasteiger partial charge is 0.137 e. The summed E-state index contributed by atoms with van der Waals surface area (Å²) < 4.78 is 15.4. The Morgan fingerprint density at radius 1 is 0.568 bits per heavy atom. The van der Waals surface area contributed by atoms with Gasteiger partial charge in [-0.15, -0.1) is 11.3 Å². The molecule has 0 fully saturated rings. The van der Waals surface area contributed by atoms with E-state index in [0.29, 0.717) is 0 Å². The van der Waals surface area contributed by atoms with Gasteiger partial charge in [0.15, 0.2) is 0 Å². The van der Waals surface area contributed by atoms with Crippen molar-refractivity contribution in [1.82, 2.24) is 0 Å². The van der Waals surface area contributed by atoms with Crippen molar-refractivity contribution in [3.8, 4) is 0 Å². The van der Waals surface area contributed by atoms with Crippen LogP contribution in [0.5, 0.6) is 0 Å². The van der Waals surface area contributed by atoms with Gasteiger partial charge in [0, 0.05) is 71.4 Å². The second-order valence-corrected chi connectivity index (χ2v) is 12.7. The third-order valence-electron chi connectivity index (χ3n) is 9.06. The molecule has 3 aromatic heterocycles. The van der Waals surface area contributed by atoms with Crippen molar-refractivity contribution in [3.05, 3.63) is 133 Å². The monoisotopic (exact) mass is 583 g/mol. The molecule has 4 heteroatoms. The number of para-hydroxylation sites is 1. The zero-order valence-electron chi connectivity index (χ0n) is 23.7. The van der Waals surface area contributed by atoms with Crippen LogP contribution in [0, 0.1) is 0 Å². The Kier molecular flexibility index (Phi) is 4.99. The highest BCUT2D eigenvalue weighted by Crippen LogP contribution is 2.45. The van der Waals surface area contributed by atoms with E-state index in [1.54, 1.807) is 0 Å². The van der Waals surface area contributed by atoms with E-state index in [2.05, 4.69) is 132 Å². The fourth-order valence-corrected chi connectivity index (χ4v) is 8.30. The van der Waals surface area contributed by atoms with Gasteiger partial charge in [-0.3, -0.25) is 0 Å². The molecule has 9 aromatic rings. The molecule has 0 bridgehead atoms. The van der Waals surface area contributed by atoms with E-state index in [0.717, 1.165) is 57.8 Å². The Balaban J connectivity index is 1.21. The minimum atomic E-state index is 0.896. The molecule has 10 rings (SSSR count). The van der Waals surface area contributed by atoms with Crippen LogP contribution in [0.3, 0.4) is 0 Å². The molecule has 0 atom stereocenters. The largest absolute Gasteiger partial charge is 0.460 e. The van der Waals surface area contributed by atoms with Crippen molar-refractivity contribution in [2.75, 3.05) is 4.90 Å². The molecule has 6 aromatic carbocycles. The number of rotatable bonds is 3. The predicted molar refractivity (Wildman–Crippen MR) is 186 cm³/mol. The van der Waals surface area contributed by atoms with E-state index in [9.17, 15) is 0 Å². The van der Waals surface area contributed by atoms with Gasteiger partial charge in [0.25, 0.3) is 0 Å². The molecule has 0 aliphatic heterocycles. The minimum Gasteiger partial charge on any atom is -0.460 e. The number of nitrogens with zero attached hydrogens (tertiary/aromatic N) is 1. The van der Waals surface area contributed by atoms with Gasteiger partial charge in [0.1, 0.15) is 22.5 Å². The van der Waals surface area contributed by atoms with Crippen molar-refractivity contribution in [2.24, 2.45) is 0 Å². The number of aryl methyl sites for hydroxylation is 1. The normalized spacial score (nSPS) is 13.2. The van der Waals surface area contributed by atoms with E-state index < -0.39 is 0 Å². The van der Waals surface area contributed by atoms with Crippen molar-refractivity contribution in [3.63, 3.8) is 0 Å². The lowest BCUT2D eigenvalue weighted by Gasteiger charge is -2.25. The summed E-state index contributed by atoms with van der Waals surface area (Å²) in [4.78, 5) is 2.31. The molecule has 0 unspecified atom stereocenters. The van der Waals surface area contributed by atoms with Crippen LogP contribution in [0.15, 0.2) is 130 Å². The molecule has 0 radical (unpaired) electrons. The fraction of sp³-hybridized carbons (Fsp3) is 0.0500. The molecule has 0 spiro atoms. The Morgan fingerprint density at radius 3 is 2.25 bits per heavy atom. The summed E-state index contributed by atoms with van der Waals surface area (Å²) in [5.74, 6) is 1.08. The van der Waals surface area contributed by atoms with Crippen LogP contribution in [-0.4, -0.2) is 0 Å². The maximum Gasteiger partial charge on any atom is 0.137 e. The SMILES string of the molecule is C1=Cc2c(oc3cc(N(c4ccccc4)c4ccc5oc6ccc7c8cc9ccccc9cc8sc7c6c5c4)ccc23)CC1. The van der Waals surface area contributed by atoms with Gasteiger partial charge >= 0.3 is 0 Å². The fourth-order valence-electron chi connectivity index (χ4n) is 7.01. The molecular formula is C40H25NO2S. The molecular weight excluding hydrogens is 559 g/mol. The molecule has 0 N–H and O–H groups in total. The van der Waals surface area contributed by atoms with Gasteiger partial charge in [0.05, 0.1) is 0 Å². The van der Waals surface area contributed by atoms with Crippen LogP contribution in [0.1, 0.15) is 17.7 Å². The maximum absolute atomic E-state index is 6.45. The Bertz CT molecular complexity index is 2620. The van der Waals surface area contributed by atoms with Crippen LogP contribution in [0.25, 0.3) is 69.9 Å². The lowest BCUT2D eigenvalue weighted by atomic mass is 10.0. The average Bonchev–Trinajstić information content (AvgIpc) is 3.74. The molecule has 0 amide bonds. The first-order valence-corrected chi connectivity index (χ1v) is 15.9. The van der Waals surface area contributed by atoms with Crippen LogP contribution in [0.4, 0.5) is 17.1 Å². The zero-order chi connectivity index (χ0) is 28.8. The molecule has 44 heavy (non-hydrogen) atoms. The summed E-state index contributed by atoms with van der Waals surface area (Å²) in [5, 5.41) is 8.58. The number of furan rings is 2. The summed E-state index contributed by atoms with van der Waals surface area (Å²) in [6, 6.07) is 41.3. The van der Waals surface area contributed by atoms with E-state index >= 15 is 0 Å². The number of hydrogen-bond donors (Lipinski definition) is 0. The van der Waals surface area contributed by atoms with E-state index in [4.69, 9.17) is 8.83 Å². The quantitative estimate of drug-likeness (QED) is 0.207. The average molecular weight is 584 g/mol. The molecule has 1 aliphatic rings. The lowest BCUT2D eigenvalue weighted by molar-refractivity contribution is 0.546. The summed E-state index contributed by atoms with van der Waals surface area (Å²) >= 11 is 1.86. The first-order valence-electron chi connectivity index (χ1n) is 15.1. The molecule has 3 heterocycles. The van der Waals surface area contributed by atoms with Gasteiger partial charge in [-0.1, -0.05) is 54.6 Å². The topological polar surface area (TPSA) is 29.5 Å². The summed E-state index contributed by atoms with van der Waals surface area (Å²) in [7, 11) is 0. The molecule has 3 nitrogen and oxygen atoms in total. The van der Waals surface area contributed by atoms with Crippen LogP contribution < -0.4 is 4.90 Å². The second-order valence-electron chi connectivity index (χ2n) is 11.6. The lowest BCUT2D eigenvalue weighted by Crippen LogP contribution is -2.09. The number of allylic oxidation sites excluding steroid dienone is 1. The third kappa shape index (κ3) is 3.49. The highest BCUT2D eigenvalue weighted by molar-refractivity contribution is 7.26. The Morgan fingerprint density at radius 2 is 1.34 bits per heavy atom. The summed E-state index contributed by atoms with van der Waals surface area (Å²) in [6.45, 7) is 0. The highest BCUT2D eigenvalue weighted by atomic mass is 32.1. The zero-order valence-corrected chi connectivity index (χ0v) is 24.5. The first-order chi connectivity index (χ1) is 21.8. The van der Waals surface area contributed by atoms with Crippen LogP contribution >= 0.6 is 11.3 Å². The van der Waals surface area contributed by atoms with Crippen LogP contribution in [-0.2, 0) is 6.42 Å². The van der Waals surface area contributed by atoms with Gasteiger partial charge in [-0.05, 0) is 83.9 Å². The molecule has 0 saturated carbocycles. The van der Waals surface area contributed by atoms with Crippen molar-refractivity contribution >= 4 is 98.3 Å². The van der Waals surface area contributed by atoms with Gasteiger partial charge in [0.2, 0.25) is 0 Å². The van der Waals surface area contributed by atoms with E-state index in [1.165, 1.54) is 47.3 Å². The van der Waals surface area contributed by atoms with Gasteiger partial charge in [-0.25, -0.2) is 0 Å². The molecule has 208 valence electrons. The number of anilines is 3. The molecule has 0 saturated heterocycles. The Labute approximate surface area is 256 Å². The number of thiophene rings is 1. The minimum absolute atomic E-state index is 0.896. The summed E-state index contributed by atoms with van der Waals surface area (Å²) in [6.07, 6.45) is 6.42. The van der Waals surface area contributed by atoms with Crippen molar-refractivity contribution in [1.29, 1.82) is 0 Å². The highest BCUT2D eigenvalue weighted by Gasteiger charge is 2.20. The number of hydrogen-bond acceptors (Lipinski definition) is 4. The number of fused-ring (bicyclic) bond motifs is 11. The number of benzene rings is 6. The van der Waals surface area contributed by atoms with Crippen LogP contribution in [0.2, 0.25) is 0 Å². The maximum atomic E-state index is 6.45.